The van der Waals surface area contributed by atoms with E-state index in [1.165, 1.54) is 0 Å². The van der Waals surface area contributed by atoms with Crippen molar-refractivity contribution in [2.45, 2.75) is 62.4 Å². The molecule has 3 amide bonds. The molecule has 0 unspecified atom stereocenters. The number of benzene rings is 2. The lowest BCUT2D eigenvalue weighted by molar-refractivity contribution is -0.142. The van der Waals surface area contributed by atoms with Crippen LogP contribution in [0.15, 0.2) is 60.7 Å². The number of carbonyl (C=O) groups is 3. The van der Waals surface area contributed by atoms with Crippen molar-refractivity contribution in [1.82, 2.24) is 10.2 Å². The molecule has 39 heavy (non-hydrogen) atoms. The Kier molecular flexibility index (Phi) is 6.85. The van der Waals surface area contributed by atoms with Gasteiger partial charge in [0.2, 0.25) is 17.7 Å². The number of hydrogen-bond acceptors (Lipinski definition) is 5. The van der Waals surface area contributed by atoms with Crippen molar-refractivity contribution in [1.29, 1.82) is 0 Å². The van der Waals surface area contributed by atoms with Crippen LogP contribution in [-0.4, -0.2) is 53.5 Å². The summed E-state index contributed by atoms with van der Waals surface area (Å²) < 4.78 is 11.7. The molecule has 3 fully saturated rings. The van der Waals surface area contributed by atoms with Gasteiger partial charge in [-0.05, 0) is 36.6 Å². The number of hydrogen-bond donors (Lipinski definition) is 2. The Morgan fingerprint density at radius 3 is 2.67 bits per heavy atom. The third-order valence-corrected chi connectivity index (χ3v) is 8.88. The summed E-state index contributed by atoms with van der Waals surface area (Å²) in [5.74, 6) is -1.86. The molecule has 3 heterocycles. The molecular formula is C30H32ClN3O5. The minimum absolute atomic E-state index is 0.0636. The topological polar surface area (TPSA) is 97.0 Å². The number of nitrogens with zero attached hydrogens (tertiary/aromatic N) is 1. The Morgan fingerprint density at radius 2 is 1.90 bits per heavy atom. The molecule has 1 aliphatic carbocycles. The Balaban J connectivity index is 1.33. The van der Waals surface area contributed by atoms with Crippen molar-refractivity contribution in [3.8, 4) is 5.75 Å². The van der Waals surface area contributed by atoms with Gasteiger partial charge in [-0.15, -0.1) is 0 Å². The Bertz CT molecular complexity index is 1330. The lowest BCUT2D eigenvalue weighted by atomic mass is 9.74. The van der Waals surface area contributed by atoms with Crippen LogP contribution in [0.3, 0.4) is 0 Å². The maximum atomic E-state index is 14.2. The van der Waals surface area contributed by atoms with E-state index in [1.807, 2.05) is 30.4 Å². The molecule has 5 atom stereocenters. The first-order valence-corrected chi connectivity index (χ1v) is 14.0. The van der Waals surface area contributed by atoms with Gasteiger partial charge in [-0.1, -0.05) is 67.3 Å². The van der Waals surface area contributed by atoms with Crippen LogP contribution in [0.1, 0.15) is 37.7 Å². The number of ether oxygens (including phenoxy) is 2. The van der Waals surface area contributed by atoms with Gasteiger partial charge < -0.3 is 25.0 Å². The summed E-state index contributed by atoms with van der Waals surface area (Å²) in [6, 6.07) is 13.5. The number of carbonyl (C=O) groups excluding carboxylic acids is 3. The van der Waals surface area contributed by atoms with Crippen molar-refractivity contribution < 1.29 is 23.9 Å². The van der Waals surface area contributed by atoms with E-state index in [2.05, 4.69) is 10.6 Å². The standard InChI is InChI=1S/C30H32ClN3O5/c1-38-21-12-7-11-20(16-21)33-27(35)24-23-14-15-30(39-23)25(24)29(37)34(17-18-8-5-6-13-22(18)31)26(30)28(36)32-19-9-3-2-4-10-19/h5-8,11-16,19,23-26H,2-4,9-10,17H2,1H3,(H,32,36)(H,33,35)/t23-,24-,25-,26+,30-/m1/s1. The summed E-state index contributed by atoms with van der Waals surface area (Å²) in [4.78, 5) is 43.3. The molecule has 2 N–H and O–H groups in total. The molecule has 0 radical (unpaired) electrons. The summed E-state index contributed by atoms with van der Waals surface area (Å²) in [7, 11) is 1.56. The van der Waals surface area contributed by atoms with Gasteiger partial charge >= 0.3 is 0 Å². The van der Waals surface area contributed by atoms with E-state index in [4.69, 9.17) is 21.1 Å². The van der Waals surface area contributed by atoms with Crippen molar-refractivity contribution >= 4 is 35.0 Å². The first kappa shape index (κ1) is 25.9. The molecule has 2 saturated heterocycles. The van der Waals surface area contributed by atoms with Gasteiger partial charge in [0, 0.05) is 29.4 Å². The Morgan fingerprint density at radius 1 is 1.10 bits per heavy atom. The average molecular weight is 550 g/mol. The third kappa shape index (κ3) is 4.49. The van der Waals surface area contributed by atoms with E-state index in [9.17, 15) is 14.4 Å². The fraction of sp³-hybridized carbons (Fsp3) is 0.433. The number of amides is 3. The predicted molar refractivity (Wildman–Crippen MR) is 146 cm³/mol. The van der Waals surface area contributed by atoms with E-state index >= 15 is 0 Å². The maximum absolute atomic E-state index is 14.2. The second-order valence-electron chi connectivity index (χ2n) is 10.8. The number of fused-ring (bicyclic) bond motifs is 1. The molecule has 3 aliphatic heterocycles. The van der Waals surface area contributed by atoms with Crippen molar-refractivity contribution in [3.05, 3.63) is 71.3 Å². The molecule has 2 aromatic carbocycles. The SMILES string of the molecule is COc1cccc(NC(=O)[C@@H]2[C@H]3C=C[C@]4(O3)[C@H](C(=O)NC3CCCCC3)N(Cc3ccccc3Cl)C(=O)[C@@H]24)c1. The average Bonchev–Trinajstić information content (AvgIpc) is 3.58. The van der Waals surface area contributed by atoms with Crippen LogP contribution in [0, 0.1) is 11.8 Å². The van der Waals surface area contributed by atoms with Gasteiger partial charge in [-0.25, -0.2) is 0 Å². The summed E-state index contributed by atoms with van der Waals surface area (Å²) in [5, 5.41) is 6.65. The number of nitrogens with one attached hydrogen (secondary N) is 2. The molecule has 2 bridgehead atoms. The smallest absolute Gasteiger partial charge is 0.246 e. The summed E-state index contributed by atoms with van der Waals surface area (Å²) in [5.41, 5.74) is 0.0680. The van der Waals surface area contributed by atoms with Gasteiger partial charge in [0.05, 0.1) is 25.0 Å². The summed E-state index contributed by atoms with van der Waals surface area (Å²) in [6.45, 7) is 0.144. The van der Waals surface area contributed by atoms with E-state index in [1.54, 1.807) is 42.3 Å². The second kappa shape index (κ2) is 10.3. The highest BCUT2D eigenvalue weighted by atomic mass is 35.5. The number of rotatable bonds is 7. The highest BCUT2D eigenvalue weighted by Crippen LogP contribution is 2.55. The lowest BCUT2D eigenvalue weighted by Crippen LogP contribution is -2.56. The Hall–Kier alpha value is -3.36. The molecule has 204 valence electrons. The minimum Gasteiger partial charge on any atom is -0.497 e. The largest absolute Gasteiger partial charge is 0.497 e. The first-order valence-electron chi connectivity index (χ1n) is 13.6. The van der Waals surface area contributed by atoms with Crippen molar-refractivity contribution in [2.24, 2.45) is 11.8 Å². The third-order valence-electron chi connectivity index (χ3n) is 8.51. The van der Waals surface area contributed by atoms with Crippen LogP contribution >= 0.6 is 11.6 Å². The van der Waals surface area contributed by atoms with Gasteiger partial charge in [0.25, 0.3) is 0 Å². The second-order valence-corrected chi connectivity index (χ2v) is 11.2. The van der Waals surface area contributed by atoms with Crippen LogP contribution in [0.5, 0.6) is 5.75 Å². The van der Waals surface area contributed by atoms with Crippen LogP contribution in [0.4, 0.5) is 5.69 Å². The number of methoxy groups -OCH3 is 1. The zero-order valence-corrected chi connectivity index (χ0v) is 22.5. The summed E-state index contributed by atoms with van der Waals surface area (Å²) in [6.07, 6.45) is 8.17. The highest BCUT2D eigenvalue weighted by Gasteiger charge is 2.72. The molecule has 2 aromatic rings. The Labute approximate surface area is 232 Å². The number of likely N-dealkylation sites (tertiary alicyclic amines) is 1. The first-order chi connectivity index (χ1) is 18.9. The number of halogens is 1. The van der Waals surface area contributed by atoms with Gasteiger partial charge in [0.1, 0.15) is 17.4 Å². The molecule has 0 aromatic heterocycles. The van der Waals surface area contributed by atoms with Crippen molar-refractivity contribution in [3.63, 3.8) is 0 Å². The lowest BCUT2D eigenvalue weighted by Gasteiger charge is -2.34. The molecule has 8 nitrogen and oxygen atoms in total. The molecule has 1 spiro atoms. The fourth-order valence-corrected chi connectivity index (χ4v) is 6.90. The van der Waals surface area contributed by atoms with E-state index in [0.717, 1.165) is 37.7 Å². The minimum atomic E-state index is -1.22. The highest BCUT2D eigenvalue weighted by molar-refractivity contribution is 6.31. The quantitative estimate of drug-likeness (QED) is 0.507. The normalized spacial score (nSPS) is 29.4. The van der Waals surface area contributed by atoms with Crippen LogP contribution in [-0.2, 0) is 25.7 Å². The zero-order valence-electron chi connectivity index (χ0n) is 21.8. The molecular weight excluding hydrogens is 518 g/mol. The van der Waals surface area contributed by atoms with Crippen LogP contribution in [0.2, 0.25) is 5.02 Å². The monoisotopic (exact) mass is 549 g/mol. The van der Waals surface area contributed by atoms with Gasteiger partial charge in [-0.3, -0.25) is 14.4 Å². The van der Waals surface area contributed by atoms with Crippen molar-refractivity contribution in [2.75, 3.05) is 12.4 Å². The van der Waals surface area contributed by atoms with Gasteiger partial charge in [0.15, 0.2) is 0 Å². The van der Waals surface area contributed by atoms with E-state index in [-0.39, 0.29) is 30.3 Å². The molecule has 1 saturated carbocycles. The fourth-order valence-electron chi connectivity index (χ4n) is 6.70. The summed E-state index contributed by atoms with van der Waals surface area (Å²) >= 11 is 6.47. The van der Waals surface area contributed by atoms with Crippen LogP contribution < -0.4 is 15.4 Å². The van der Waals surface area contributed by atoms with E-state index < -0.39 is 29.6 Å². The number of anilines is 1. The molecule has 4 aliphatic rings. The zero-order chi connectivity index (χ0) is 27.1. The predicted octanol–water partition coefficient (Wildman–Crippen LogP) is 4.09. The van der Waals surface area contributed by atoms with Gasteiger partial charge in [-0.2, -0.15) is 0 Å². The molecule has 6 rings (SSSR count). The molecule has 9 heteroatoms. The van der Waals surface area contributed by atoms with E-state index in [0.29, 0.717) is 16.5 Å². The van der Waals surface area contributed by atoms with Crippen LogP contribution in [0.25, 0.3) is 0 Å². The maximum Gasteiger partial charge on any atom is 0.246 e.